The predicted molar refractivity (Wildman–Crippen MR) is 44.6 cm³/mol. The number of hydrogen-bond donors (Lipinski definition) is 1. The lowest BCUT2D eigenvalue weighted by atomic mass is 9.96. The Morgan fingerprint density at radius 3 is 2.50 bits per heavy atom. The van der Waals surface area contributed by atoms with E-state index in [-0.39, 0.29) is 5.92 Å². The Hall–Kier alpha value is -1.06. The number of carbonyl (C=O) groups is 2. The van der Waals surface area contributed by atoms with Crippen LogP contribution >= 0.6 is 0 Å². The third-order valence-electron chi connectivity index (χ3n) is 1.42. The van der Waals surface area contributed by atoms with E-state index in [0.717, 1.165) is 6.29 Å². The Balaban J connectivity index is 4.02. The molecule has 0 aromatic heterocycles. The van der Waals surface area contributed by atoms with Crippen molar-refractivity contribution < 1.29 is 14.3 Å². The molecule has 0 rings (SSSR count). The number of amides is 1. The molecule has 1 atom stereocenters. The summed E-state index contributed by atoms with van der Waals surface area (Å²) in [5, 5.41) is 0. The molecule has 4 heteroatoms. The predicted octanol–water partition coefficient (Wildman–Crippen LogP) is 1.09. The largest absolute Gasteiger partial charge is 0.444 e. The van der Waals surface area contributed by atoms with Crippen molar-refractivity contribution in [2.45, 2.75) is 32.8 Å². The van der Waals surface area contributed by atoms with Gasteiger partial charge in [0.1, 0.15) is 11.9 Å². The molecule has 0 radical (unpaired) electrons. The van der Waals surface area contributed by atoms with Crippen molar-refractivity contribution in [1.29, 1.82) is 0 Å². The molecule has 0 aromatic rings. The van der Waals surface area contributed by atoms with Crippen LogP contribution in [-0.2, 0) is 9.53 Å². The topological polar surface area (TPSA) is 69.4 Å². The zero-order chi connectivity index (χ0) is 9.78. The van der Waals surface area contributed by atoms with Crippen LogP contribution in [0.3, 0.4) is 0 Å². The van der Waals surface area contributed by atoms with Gasteiger partial charge in [0.05, 0.1) is 0 Å². The van der Waals surface area contributed by atoms with Crippen molar-refractivity contribution in [1.82, 2.24) is 0 Å². The summed E-state index contributed by atoms with van der Waals surface area (Å²) >= 11 is 0. The van der Waals surface area contributed by atoms with E-state index in [9.17, 15) is 9.59 Å². The second kappa shape index (κ2) is 4.09. The van der Waals surface area contributed by atoms with Gasteiger partial charge in [-0.2, -0.15) is 0 Å². The van der Waals surface area contributed by atoms with Gasteiger partial charge in [0.25, 0.3) is 0 Å². The van der Waals surface area contributed by atoms with Gasteiger partial charge in [0.2, 0.25) is 0 Å². The fraction of sp³-hybridized carbons (Fsp3) is 0.750. The van der Waals surface area contributed by atoms with E-state index in [1.807, 2.05) is 0 Å². The average Bonchev–Trinajstić information content (AvgIpc) is 1.83. The zero-order valence-corrected chi connectivity index (χ0v) is 7.66. The van der Waals surface area contributed by atoms with Crippen molar-refractivity contribution in [2.75, 3.05) is 0 Å². The van der Waals surface area contributed by atoms with Gasteiger partial charge in [-0.1, -0.05) is 6.92 Å². The van der Waals surface area contributed by atoms with Gasteiger partial charge in [0.15, 0.2) is 0 Å². The van der Waals surface area contributed by atoms with Gasteiger partial charge in [-0.3, -0.25) is 0 Å². The highest BCUT2D eigenvalue weighted by molar-refractivity contribution is 5.65. The molecule has 12 heavy (non-hydrogen) atoms. The molecule has 4 nitrogen and oxygen atoms in total. The van der Waals surface area contributed by atoms with Crippen molar-refractivity contribution in [3.63, 3.8) is 0 Å². The molecule has 2 N–H and O–H groups in total. The van der Waals surface area contributed by atoms with Crippen LogP contribution in [-0.4, -0.2) is 18.0 Å². The first-order valence-corrected chi connectivity index (χ1v) is 3.81. The number of carbonyl (C=O) groups excluding carboxylic acids is 2. The highest BCUT2D eigenvalue weighted by Crippen LogP contribution is 2.18. The molecule has 0 saturated heterocycles. The maximum absolute atomic E-state index is 10.4. The van der Waals surface area contributed by atoms with Crippen LogP contribution in [0.2, 0.25) is 0 Å². The summed E-state index contributed by atoms with van der Waals surface area (Å²) in [5.74, 6) is -0.126. The summed E-state index contributed by atoms with van der Waals surface area (Å²) in [6.45, 7) is 5.20. The number of primary amides is 1. The van der Waals surface area contributed by atoms with E-state index < -0.39 is 11.7 Å². The second-order valence-electron chi connectivity index (χ2n) is 3.50. The van der Waals surface area contributed by atoms with Crippen LogP contribution in [0.15, 0.2) is 0 Å². The first-order valence-electron chi connectivity index (χ1n) is 3.81. The third-order valence-corrected chi connectivity index (χ3v) is 1.42. The molecule has 0 heterocycles. The summed E-state index contributed by atoms with van der Waals surface area (Å²) in [4.78, 5) is 20.7. The number of aldehydes is 1. The maximum Gasteiger partial charge on any atom is 0.405 e. The first-order chi connectivity index (χ1) is 5.37. The molecule has 0 aliphatic rings. The minimum absolute atomic E-state index is 0.126. The lowest BCUT2D eigenvalue weighted by Gasteiger charge is -2.25. The summed E-state index contributed by atoms with van der Waals surface area (Å²) in [6, 6.07) is 0. The SMILES string of the molecule is C[C@H](C=O)CC(C)(C)OC(N)=O. The van der Waals surface area contributed by atoms with Gasteiger partial charge in [-0.05, 0) is 20.3 Å². The fourth-order valence-electron chi connectivity index (χ4n) is 1.14. The molecule has 0 aromatic carbocycles. The number of ether oxygens (including phenoxy) is 1. The third kappa shape index (κ3) is 4.71. The summed E-state index contributed by atoms with van der Waals surface area (Å²) in [5.41, 5.74) is 4.19. The highest BCUT2D eigenvalue weighted by Gasteiger charge is 2.24. The van der Waals surface area contributed by atoms with Crippen LogP contribution in [0.5, 0.6) is 0 Å². The van der Waals surface area contributed by atoms with Gasteiger partial charge >= 0.3 is 6.09 Å². The van der Waals surface area contributed by atoms with Crippen molar-refractivity contribution >= 4 is 12.4 Å². The smallest absolute Gasteiger partial charge is 0.405 e. The monoisotopic (exact) mass is 173 g/mol. The lowest BCUT2D eigenvalue weighted by Crippen LogP contribution is -2.33. The Labute approximate surface area is 72.1 Å². The summed E-state index contributed by atoms with van der Waals surface area (Å²) in [6.07, 6.45) is 0.504. The minimum atomic E-state index is -0.807. The molecular formula is C8H15NO3. The van der Waals surface area contributed by atoms with E-state index in [4.69, 9.17) is 10.5 Å². The van der Waals surface area contributed by atoms with E-state index >= 15 is 0 Å². The van der Waals surface area contributed by atoms with Crippen molar-refractivity contribution in [3.8, 4) is 0 Å². The normalized spacial score (nSPS) is 13.6. The summed E-state index contributed by atoms with van der Waals surface area (Å²) in [7, 11) is 0. The Bertz CT molecular complexity index is 177. The first kappa shape index (κ1) is 10.9. The summed E-state index contributed by atoms with van der Waals surface area (Å²) < 4.78 is 4.79. The van der Waals surface area contributed by atoms with Gasteiger partial charge in [-0.15, -0.1) is 0 Å². The van der Waals surface area contributed by atoms with Crippen LogP contribution in [0.1, 0.15) is 27.2 Å². The lowest BCUT2D eigenvalue weighted by molar-refractivity contribution is -0.112. The number of nitrogens with two attached hydrogens (primary N) is 1. The standard InChI is InChI=1S/C8H15NO3/c1-6(5-10)4-8(2,3)12-7(9)11/h5-6H,4H2,1-3H3,(H2,9,11)/t6-/m0/s1. The van der Waals surface area contributed by atoms with Crippen LogP contribution in [0.25, 0.3) is 0 Å². The zero-order valence-electron chi connectivity index (χ0n) is 7.66. The second-order valence-corrected chi connectivity index (χ2v) is 3.50. The maximum atomic E-state index is 10.4. The van der Waals surface area contributed by atoms with E-state index in [2.05, 4.69) is 0 Å². The van der Waals surface area contributed by atoms with E-state index in [1.54, 1.807) is 20.8 Å². The molecule has 0 saturated carbocycles. The van der Waals surface area contributed by atoms with Gasteiger partial charge in [0, 0.05) is 5.92 Å². The Morgan fingerprint density at radius 1 is 1.67 bits per heavy atom. The fourth-order valence-corrected chi connectivity index (χ4v) is 1.14. The van der Waals surface area contributed by atoms with Crippen LogP contribution in [0.4, 0.5) is 4.79 Å². The molecule has 0 spiro atoms. The van der Waals surface area contributed by atoms with Gasteiger partial charge < -0.3 is 15.3 Å². The van der Waals surface area contributed by atoms with Gasteiger partial charge in [-0.25, -0.2) is 4.79 Å². The molecular weight excluding hydrogens is 158 g/mol. The molecule has 0 aliphatic heterocycles. The molecule has 0 bridgehead atoms. The quantitative estimate of drug-likeness (QED) is 0.647. The molecule has 70 valence electrons. The Kier molecular flexibility index (Phi) is 3.73. The number of rotatable bonds is 4. The van der Waals surface area contributed by atoms with Crippen molar-refractivity contribution in [3.05, 3.63) is 0 Å². The number of hydrogen-bond acceptors (Lipinski definition) is 3. The molecule has 0 fully saturated rings. The average molecular weight is 173 g/mol. The highest BCUT2D eigenvalue weighted by atomic mass is 16.6. The molecule has 1 amide bonds. The molecule has 0 aliphatic carbocycles. The van der Waals surface area contributed by atoms with E-state index in [0.29, 0.717) is 6.42 Å². The molecule has 0 unspecified atom stereocenters. The van der Waals surface area contributed by atoms with Crippen LogP contribution < -0.4 is 5.73 Å². The van der Waals surface area contributed by atoms with E-state index in [1.165, 1.54) is 0 Å². The van der Waals surface area contributed by atoms with Crippen molar-refractivity contribution in [2.24, 2.45) is 11.7 Å². The Morgan fingerprint density at radius 2 is 2.17 bits per heavy atom. The minimum Gasteiger partial charge on any atom is -0.444 e. The van der Waals surface area contributed by atoms with Crippen LogP contribution in [0, 0.1) is 5.92 Å².